The average Bonchev–Trinajstić information content (AvgIpc) is 2.58. The minimum atomic E-state index is -3.32. The molecule has 0 aliphatic carbocycles. The zero-order valence-electron chi connectivity index (χ0n) is 13.6. The van der Waals surface area contributed by atoms with Gasteiger partial charge in [-0.3, -0.25) is 4.79 Å². The van der Waals surface area contributed by atoms with Crippen molar-refractivity contribution in [3.63, 3.8) is 0 Å². The van der Waals surface area contributed by atoms with Gasteiger partial charge in [0.15, 0.2) is 9.84 Å². The Morgan fingerprint density at radius 1 is 1.08 bits per heavy atom. The lowest BCUT2D eigenvalue weighted by Gasteiger charge is -2.07. The van der Waals surface area contributed by atoms with E-state index in [0.717, 1.165) is 11.8 Å². The van der Waals surface area contributed by atoms with E-state index in [4.69, 9.17) is 4.74 Å². The maximum atomic E-state index is 12.0. The fourth-order valence-corrected chi connectivity index (χ4v) is 2.78. The predicted molar refractivity (Wildman–Crippen MR) is 92.6 cm³/mol. The zero-order valence-corrected chi connectivity index (χ0v) is 14.4. The first kappa shape index (κ1) is 18.2. The van der Waals surface area contributed by atoms with Gasteiger partial charge in [-0.1, -0.05) is 36.4 Å². The average molecular weight is 347 g/mol. The van der Waals surface area contributed by atoms with Crippen LogP contribution in [-0.4, -0.2) is 33.7 Å². The first-order valence-electron chi connectivity index (χ1n) is 7.67. The molecule has 0 radical (unpaired) electrons. The van der Waals surface area contributed by atoms with Crippen molar-refractivity contribution in [2.24, 2.45) is 0 Å². The van der Waals surface area contributed by atoms with Crippen molar-refractivity contribution < 1.29 is 17.9 Å². The summed E-state index contributed by atoms with van der Waals surface area (Å²) in [6.45, 7) is 1.56. The number of ether oxygens (including phenoxy) is 1. The van der Waals surface area contributed by atoms with Gasteiger partial charge in [0, 0.05) is 25.0 Å². The van der Waals surface area contributed by atoms with Crippen LogP contribution in [0.15, 0.2) is 59.5 Å². The highest BCUT2D eigenvalue weighted by Gasteiger charge is 2.11. The van der Waals surface area contributed by atoms with Gasteiger partial charge in [-0.25, -0.2) is 8.42 Å². The summed E-state index contributed by atoms with van der Waals surface area (Å²) >= 11 is 0. The molecule has 2 rings (SSSR count). The van der Waals surface area contributed by atoms with Crippen LogP contribution in [-0.2, 0) is 21.2 Å². The predicted octanol–water partition coefficient (Wildman–Crippen LogP) is 2.43. The maximum absolute atomic E-state index is 12.0. The van der Waals surface area contributed by atoms with E-state index >= 15 is 0 Å². The summed E-state index contributed by atoms with van der Waals surface area (Å²) in [5.74, 6) is -0.288. The SMILES string of the molecule is CS(=O)(=O)c1cccc(C(=O)NCCCOCc2ccccc2)c1. The molecule has 0 aromatic heterocycles. The minimum absolute atomic E-state index is 0.140. The Kier molecular flexibility index (Phi) is 6.52. The van der Waals surface area contributed by atoms with Crippen LogP contribution in [0.2, 0.25) is 0 Å². The summed E-state index contributed by atoms with van der Waals surface area (Å²) in [4.78, 5) is 12.2. The molecule has 0 heterocycles. The quantitative estimate of drug-likeness (QED) is 0.745. The smallest absolute Gasteiger partial charge is 0.251 e. The van der Waals surface area contributed by atoms with Gasteiger partial charge in [0.05, 0.1) is 11.5 Å². The van der Waals surface area contributed by atoms with E-state index in [1.807, 2.05) is 30.3 Å². The van der Waals surface area contributed by atoms with Crippen molar-refractivity contribution in [2.45, 2.75) is 17.9 Å². The van der Waals surface area contributed by atoms with E-state index in [9.17, 15) is 13.2 Å². The van der Waals surface area contributed by atoms with Gasteiger partial charge < -0.3 is 10.1 Å². The van der Waals surface area contributed by atoms with E-state index in [-0.39, 0.29) is 10.8 Å². The van der Waals surface area contributed by atoms with E-state index in [1.165, 1.54) is 12.1 Å². The number of rotatable bonds is 8. The Hall–Kier alpha value is -2.18. The van der Waals surface area contributed by atoms with Crippen LogP contribution in [0.4, 0.5) is 0 Å². The standard InChI is InChI=1S/C18H21NO4S/c1-24(21,22)17-10-5-9-16(13-17)18(20)19-11-6-12-23-14-15-7-3-2-4-8-15/h2-5,7-10,13H,6,11-12,14H2,1H3,(H,19,20). The third-order valence-corrected chi connectivity index (χ3v) is 4.50. The third-order valence-electron chi connectivity index (χ3n) is 3.39. The molecule has 0 saturated carbocycles. The lowest BCUT2D eigenvalue weighted by molar-refractivity contribution is 0.0934. The van der Waals surface area contributed by atoms with Crippen LogP contribution < -0.4 is 5.32 Å². The summed E-state index contributed by atoms with van der Waals surface area (Å²) in [5.41, 5.74) is 1.45. The molecule has 0 fully saturated rings. The molecule has 0 atom stereocenters. The molecule has 24 heavy (non-hydrogen) atoms. The Bertz CT molecular complexity index is 773. The largest absolute Gasteiger partial charge is 0.377 e. The molecule has 0 bridgehead atoms. The van der Waals surface area contributed by atoms with Crippen LogP contribution in [0.25, 0.3) is 0 Å². The molecular formula is C18H21NO4S. The highest BCUT2D eigenvalue weighted by molar-refractivity contribution is 7.90. The van der Waals surface area contributed by atoms with E-state index in [2.05, 4.69) is 5.32 Å². The normalized spacial score (nSPS) is 11.2. The molecule has 0 unspecified atom stereocenters. The van der Waals surface area contributed by atoms with Crippen LogP contribution >= 0.6 is 0 Å². The van der Waals surface area contributed by atoms with Crippen molar-refractivity contribution in [3.8, 4) is 0 Å². The molecule has 1 amide bonds. The number of nitrogens with one attached hydrogen (secondary N) is 1. The fourth-order valence-electron chi connectivity index (χ4n) is 2.11. The monoisotopic (exact) mass is 347 g/mol. The fraction of sp³-hybridized carbons (Fsp3) is 0.278. The number of carbonyl (C=O) groups is 1. The lowest BCUT2D eigenvalue weighted by atomic mass is 10.2. The second kappa shape index (κ2) is 8.61. The van der Waals surface area contributed by atoms with E-state index < -0.39 is 9.84 Å². The van der Waals surface area contributed by atoms with Crippen molar-refractivity contribution >= 4 is 15.7 Å². The van der Waals surface area contributed by atoms with Gasteiger partial charge in [0.25, 0.3) is 5.91 Å². The summed E-state index contributed by atoms with van der Waals surface area (Å²) < 4.78 is 28.6. The Morgan fingerprint density at radius 3 is 2.54 bits per heavy atom. The van der Waals surface area contributed by atoms with E-state index in [1.54, 1.807) is 12.1 Å². The highest BCUT2D eigenvalue weighted by Crippen LogP contribution is 2.11. The van der Waals surface area contributed by atoms with Crippen molar-refractivity contribution in [2.75, 3.05) is 19.4 Å². The summed E-state index contributed by atoms with van der Waals surface area (Å²) in [6, 6.07) is 15.9. The van der Waals surface area contributed by atoms with Crippen LogP contribution in [0.1, 0.15) is 22.3 Å². The van der Waals surface area contributed by atoms with Gasteiger partial charge in [-0.05, 0) is 30.2 Å². The number of carbonyl (C=O) groups excluding carboxylic acids is 1. The second-order valence-electron chi connectivity index (χ2n) is 5.45. The number of hydrogen-bond donors (Lipinski definition) is 1. The first-order valence-corrected chi connectivity index (χ1v) is 9.56. The van der Waals surface area contributed by atoms with Crippen LogP contribution in [0, 0.1) is 0 Å². The topological polar surface area (TPSA) is 72.5 Å². The Morgan fingerprint density at radius 2 is 1.83 bits per heavy atom. The zero-order chi connectivity index (χ0) is 17.4. The third kappa shape index (κ3) is 5.79. The molecule has 5 nitrogen and oxygen atoms in total. The summed E-state index contributed by atoms with van der Waals surface area (Å²) in [6.07, 6.45) is 1.80. The first-order chi connectivity index (χ1) is 11.5. The molecule has 0 saturated heterocycles. The number of amides is 1. The molecule has 6 heteroatoms. The minimum Gasteiger partial charge on any atom is -0.377 e. The molecule has 1 N–H and O–H groups in total. The molecule has 2 aromatic rings. The Balaban J connectivity index is 1.72. The van der Waals surface area contributed by atoms with Crippen LogP contribution in [0.5, 0.6) is 0 Å². The lowest BCUT2D eigenvalue weighted by Crippen LogP contribution is -2.25. The van der Waals surface area contributed by atoms with Crippen molar-refractivity contribution in [3.05, 3.63) is 65.7 Å². The molecule has 128 valence electrons. The molecular weight excluding hydrogens is 326 g/mol. The number of benzene rings is 2. The van der Waals surface area contributed by atoms with Crippen molar-refractivity contribution in [1.82, 2.24) is 5.32 Å². The van der Waals surface area contributed by atoms with Gasteiger partial charge >= 0.3 is 0 Å². The maximum Gasteiger partial charge on any atom is 0.251 e. The highest BCUT2D eigenvalue weighted by atomic mass is 32.2. The molecule has 2 aromatic carbocycles. The number of hydrogen-bond acceptors (Lipinski definition) is 4. The summed E-state index contributed by atoms with van der Waals surface area (Å²) in [7, 11) is -3.32. The Labute approximate surface area is 142 Å². The summed E-state index contributed by atoms with van der Waals surface area (Å²) in [5, 5.41) is 2.76. The molecule has 0 aliphatic heterocycles. The molecule has 0 spiro atoms. The van der Waals surface area contributed by atoms with Gasteiger partial charge in [0.1, 0.15) is 0 Å². The second-order valence-corrected chi connectivity index (χ2v) is 7.46. The molecule has 0 aliphatic rings. The van der Waals surface area contributed by atoms with Gasteiger partial charge in [0.2, 0.25) is 0 Å². The van der Waals surface area contributed by atoms with Gasteiger partial charge in [-0.15, -0.1) is 0 Å². The number of sulfone groups is 1. The van der Waals surface area contributed by atoms with E-state index in [0.29, 0.717) is 31.7 Å². The van der Waals surface area contributed by atoms with Gasteiger partial charge in [-0.2, -0.15) is 0 Å². The van der Waals surface area contributed by atoms with Crippen LogP contribution in [0.3, 0.4) is 0 Å². The van der Waals surface area contributed by atoms with Crippen molar-refractivity contribution in [1.29, 1.82) is 0 Å².